The molecule has 1 fully saturated rings. The first-order chi connectivity index (χ1) is 8.25. The van der Waals surface area contributed by atoms with Crippen molar-refractivity contribution in [3.05, 3.63) is 35.6 Å². The molecule has 0 saturated carbocycles. The molecule has 1 aliphatic heterocycles. The monoisotopic (exact) mass is 236 g/mol. The van der Waals surface area contributed by atoms with E-state index in [2.05, 4.69) is 17.3 Å². The van der Waals surface area contributed by atoms with Gasteiger partial charge in [-0.15, -0.1) is 0 Å². The number of halogens is 1. The van der Waals surface area contributed by atoms with Crippen LogP contribution in [0.5, 0.6) is 0 Å². The molecule has 1 aromatic rings. The van der Waals surface area contributed by atoms with E-state index in [1.807, 2.05) is 6.07 Å². The molecule has 1 aliphatic rings. The van der Waals surface area contributed by atoms with Crippen molar-refractivity contribution in [1.29, 1.82) is 0 Å². The first kappa shape index (κ1) is 12.5. The normalized spacial score (nSPS) is 21.5. The van der Waals surface area contributed by atoms with Crippen molar-refractivity contribution < 1.29 is 4.39 Å². The molecule has 0 aliphatic carbocycles. The van der Waals surface area contributed by atoms with E-state index in [4.69, 9.17) is 0 Å². The Labute approximate surface area is 103 Å². The molecule has 1 atom stereocenters. The highest BCUT2D eigenvalue weighted by molar-refractivity contribution is 5.16. The second-order valence-corrected chi connectivity index (χ2v) is 4.88. The third-order valence-electron chi connectivity index (χ3n) is 3.49. The topological polar surface area (TPSA) is 15.3 Å². The SMILES string of the molecule is CN(Cc1cccc(F)c1)C1CCCNCC1. The highest BCUT2D eigenvalue weighted by Gasteiger charge is 2.16. The molecular formula is C14H21FN2. The van der Waals surface area contributed by atoms with Gasteiger partial charge in [0.15, 0.2) is 0 Å². The second kappa shape index (κ2) is 6.12. The molecule has 1 unspecified atom stereocenters. The van der Waals surface area contributed by atoms with Gasteiger partial charge >= 0.3 is 0 Å². The van der Waals surface area contributed by atoms with E-state index < -0.39 is 0 Å². The summed E-state index contributed by atoms with van der Waals surface area (Å²) in [5.74, 6) is -0.140. The summed E-state index contributed by atoms with van der Waals surface area (Å²) >= 11 is 0. The number of rotatable bonds is 3. The lowest BCUT2D eigenvalue weighted by molar-refractivity contribution is 0.216. The number of hydrogen-bond acceptors (Lipinski definition) is 2. The Morgan fingerprint density at radius 3 is 3.06 bits per heavy atom. The maximum Gasteiger partial charge on any atom is 0.123 e. The van der Waals surface area contributed by atoms with Crippen LogP contribution in [0.25, 0.3) is 0 Å². The van der Waals surface area contributed by atoms with Crippen molar-refractivity contribution in [2.75, 3.05) is 20.1 Å². The molecule has 1 aromatic carbocycles. The molecule has 0 amide bonds. The summed E-state index contributed by atoms with van der Waals surface area (Å²) in [6, 6.07) is 7.53. The lowest BCUT2D eigenvalue weighted by atomic mass is 10.1. The van der Waals surface area contributed by atoms with E-state index in [0.717, 1.165) is 25.2 Å². The van der Waals surface area contributed by atoms with Gasteiger partial charge in [0.25, 0.3) is 0 Å². The van der Waals surface area contributed by atoms with E-state index in [9.17, 15) is 4.39 Å². The minimum atomic E-state index is -0.140. The van der Waals surface area contributed by atoms with Crippen molar-refractivity contribution in [3.8, 4) is 0 Å². The predicted octanol–water partition coefficient (Wildman–Crippen LogP) is 2.40. The number of benzene rings is 1. The predicted molar refractivity (Wildman–Crippen MR) is 68.4 cm³/mol. The first-order valence-corrected chi connectivity index (χ1v) is 6.41. The smallest absolute Gasteiger partial charge is 0.123 e. The number of nitrogens with zero attached hydrogens (tertiary/aromatic N) is 1. The van der Waals surface area contributed by atoms with Crippen LogP contribution >= 0.6 is 0 Å². The molecule has 1 saturated heterocycles. The third-order valence-corrected chi connectivity index (χ3v) is 3.49. The van der Waals surface area contributed by atoms with Gasteiger partial charge in [0.1, 0.15) is 5.82 Å². The number of nitrogens with one attached hydrogen (secondary N) is 1. The maximum absolute atomic E-state index is 13.1. The molecule has 1 heterocycles. The molecule has 0 bridgehead atoms. The summed E-state index contributed by atoms with van der Waals surface area (Å²) in [5, 5.41) is 3.42. The zero-order valence-corrected chi connectivity index (χ0v) is 10.5. The lowest BCUT2D eigenvalue weighted by Crippen LogP contribution is -2.32. The lowest BCUT2D eigenvalue weighted by Gasteiger charge is -2.26. The summed E-state index contributed by atoms with van der Waals surface area (Å²) in [6.07, 6.45) is 3.66. The van der Waals surface area contributed by atoms with E-state index in [1.54, 1.807) is 12.1 Å². The van der Waals surface area contributed by atoms with Gasteiger partial charge in [0, 0.05) is 12.6 Å². The van der Waals surface area contributed by atoms with E-state index in [-0.39, 0.29) is 5.82 Å². The number of hydrogen-bond donors (Lipinski definition) is 1. The highest BCUT2D eigenvalue weighted by Crippen LogP contribution is 2.15. The van der Waals surface area contributed by atoms with Crippen LogP contribution in [0.1, 0.15) is 24.8 Å². The molecule has 0 spiro atoms. The quantitative estimate of drug-likeness (QED) is 0.867. The fourth-order valence-corrected chi connectivity index (χ4v) is 2.49. The highest BCUT2D eigenvalue weighted by atomic mass is 19.1. The van der Waals surface area contributed by atoms with Crippen LogP contribution in [0.3, 0.4) is 0 Å². The van der Waals surface area contributed by atoms with Crippen LogP contribution in [-0.2, 0) is 6.54 Å². The van der Waals surface area contributed by atoms with Crippen molar-refractivity contribution in [2.24, 2.45) is 0 Å². The Bertz CT molecular complexity index is 346. The van der Waals surface area contributed by atoms with Gasteiger partial charge < -0.3 is 5.32 Å². The Morgan fingerprint density at radius 2 is 2.24 bits per heavy atom. The average Bonchev–Trinajstić information content (AvgIpc) is 2.57. The summed E-state index contributed by atoms with van der Waals surface area (Å²) in [6.45, 7) is 3.06. The average molecular weight is 236 g/mol. The Kier molecular flexibility index (Phi) is 4.51. The molecule has 2 rings (SSSR count). The molecule has 0 radical (unpaired) electrons. The largest absolute Gasteiger partial charge is 0.317 e. The van der Waals surface area contributed by atoms with Gasteiger partial charge in [-0.05, 0) is 57.1 Å². The van der Waals surface area contributed by atoms with E-state index >= 15 is 0 Å². The van der Waals surface area contributed by atoms with Crippen LogP contribution in [-0.4, -0.2) is 31.1 Å². The molecule has 2 nitrogen and oxygen atoms in total. The van der Waals surface area contributed by atoms with Crippen molar-refractivity contribution >= 4 is 0 Å². The van der Waals surface area contributed by atoms with Crippen LogP contribution in [0.15, 0.2) is 24.3 Å². The Balaban J connectivity index is 1.93. The summed E-state index contributed by atoms with van der Waals surface area (Å²) in [5.41, 5.74) is 1.06. The molecule has 3 heteroatoms. The van der Waals surface area contributed by atoms with Crippen molar-refractivity contribution in [2.45, 2.75) is 31.8 Å². The van der Waals surface area contributed by atoms with Gasteiger partial charge in [-0.1, -0.05) is 12.1 Å². The van der Waals surface area contributed by atoms with Gasteiger partial charge in [0.05, 0.1) is 0 Å². The molecule has 1 N–H and O–H groups in total. The minimum Gasteiger partial charge on any atom is -0.317 e. The van der Waals surface area contributed by atoms with Gasteiger partial charge in [-0.3, -0.25) is 4.90 Å². The van der Waals surface area contributed by atoms with Crippen LogP contribution in [0, 0.1) is 5.82 Å². The fourth-order valence-electron chi connectivity index (χ4n) is 2.49. The summed E-state index contributed by atoms with van der Waals surface area (Å²) in [7, 11) is 2.14. The standard InChI is InChI=1S/C14H21FN2/c1-17(14-6-3-8-16-9-7-14)11-12-4-2-5-13(15)10-12/h2,4-5,10,14,16H,3,6-9,11H2,1H3. The molecular weight excluding hydrogens is 215 g/mol. The van der Waals surface area contributed by atoms with Crippen LogP contribution < -0.4 is 5.32 Å². The maximum atomic E-state index is 13.1. The van der Waals surface area contributed by atoms with E-state index in [0.29, 0.717) is 6.04 Å². The van der Waals surface area contributed by atoms with Crippen molar-refractivity contribution in [1.82, 2.24) is 10.2 Å². The van der Waals surface area contributed by atoms with Crippen LogP contribution in [0.4, 0.5) is 4.39 Å². The molecule has 0 aromatic heterocycles. The van der Waals surface area contributed by atoms with E-state index in [1.165, 1.54) is 25.3 Å². The Morgan fingerprint density at radius 1 is 1.35 bits per heavy atom. The Hall–Kier alpha value is -0.930. The van der Waals surface area contributed by atoms with Gasteiger partial charge in [0.2, 0.25) is 0 Å². The van der Waals surface area contributed by atoms with Gasteiger partial charge in [-0.2, -0.15) is 0 Å². The van der Waals surface area contributed by atoms with Crippen molar-refractivity contribution in [3.63, 3.8) is 0 Å². The minimum absolute atomic E-state index is 0.140. The molecule has 94 valence electrons. The third kappa shape index (κ3) is 3.79. The zero-order chi connectivity index (χ0) is 12.1. The fraction of sp³-hybridized carbons (Fsp3) is 0.571. The summed E-state index contributed by atoms with van der Waals surface area (Å²) in [4.78, 5) is 2.35. The summed E-state index contributed by atoms with van der Waals surface area (Å²) < 4.78 is 13.1. The van der Waals surface area contributed by atoms with Crippen LogP contribution in [0.2, 0.25) is 0 Å². The first-order valence-electron chi connectivity index (χ1n) is 6.41. The second-order valence-electron chi connectivity index (χ2n) is 4.88. The molecule has 17 heavy (non-hydrogen) atoms. The van der Waals surface area contributed by atoms with Gasteiger partial charge in [-0.25, -0.2) is 4.39 Å². The zero-order valence-electron chi connectivity index (χ0n) is 10.5.